The van der Waals surface area contributed by atoms with E-state index in [1.54, 1.807) is 18.3 Å². The van der Waals surface area contributed by atoms with Crippen LogP contribution >= 0.6 is 0 Å². The molecule has 3 rings (SSSR count). The lowest BCUT2D eigenvalue weighted by Gasteiger charge is -2.41. The largest absolute Gasteiger partial charge is 0.457 e. The molecule has 1 aromatic heterocycles. The standard InChI is InChI=1S/C21H27N3O2/c1-21(2,3)24-13-10-16(11-14-24)23-20(25)19-15-18(9-12-22-19)26-17-7-5-4-6-8-17/h4-9,12,15-16H,10-11,13-14H2,1-3H3,(H,23,25). The molecule has 0 atom stereocenters. The van der Waals surface area contributed by atoms with Crippen LogP contribution < -0.4 is 10.1 Å². The van der Waals surface area contributed by atoms with Crippen molar-refractivity contribution >= 4 is 5.91 Å². The summed E-state index contributed by atoms with van der Waals surface area (Å²) in [4.78, 5) is 19.2. The number of ether oxygens (including phenoxy) is 1. The van der Waals surface area contributed by atoms with Gasteiger partial charge >= 0.3 is 0 Å². The van der Waals surface area contributed by atoms with Crippen molar-refractivity contribution in [2.45, 2.75) is 45.2 Å². The smallest absolute Gasteiger partial charge is 0.270 e. The van der Waals surface area contributed by atoms with E-state index >= 15 is 0 Å². The number of nitrogens with zero attached hydrogens (tertiary/aromatic N) is 2. The van der Waals surface area contributed by atoms with Crippen molar-refractivity contribution in [3.63, 3.8) is 0 Å². The summed E-state index contributed by atoms with van der Waals surface area (Å²) in [6, 6.07) is 13.2. The molecule has 1 aliphatic rings. The van der Waals surface area contributed by atoms with E-state index in [1.165, 1.54) is 0 Å². The van der Waals surface area contributed by atoms with Crippen molar-refractivity contribution in [3.8, 4) is 11.5 Å². The van der Waals surface area contributed by atoms with Crippen LogP contribution in [0.3, 0.4) is 0 Å². The molecule has 1 amide bonds. The number of hydrogen-bond donors (Lipinski definition) is 1. The minimum atomic E-state index is -0.141. The molecular weight excluding hydrogens is 326 g/mol. The van der Waals surface area contributed by atoms with Crippen LogP contribution in [0.1, 0.15) is 44.1 Å². The Balaban J connectivity index is 1.58. The van der Waals surface area contributed by atoms with Crippen LogP contribution in [0.4, 0.5) is 0 Å². The Labute approximate surface area is 155 Å². The molecule has 138 valence electrons. The fraction of sp³-hybridized carbons (Fsp3) is 0.429. The molecule has 1 aromatic carbocycles. The van der Waals surface area contributed by atoms with Crippen LogP contribution in [0, 0.1) is 0 Å². The quantitative estimate of drug-likeness (QED) is 0.907. The predicted octanol–water partition coefficient (Wildman–Crippen LogP) is 3.87. The number of pyridine rings is 1. The minimum Gasteiger partial charge on any atom is -0.457 e. The summed E-state index contributed by atoms with van der Waals surface area (Å²) in [7, 11) is 0. The van der Waals surface area contributed by atoms with E-state index in [-0.39, 0.29) is 17.5 Å². The fourth-order valence-electron chi connectivity index (χ4n) is 3.18. The Bertz CT molecular complexity index is 732. The highest BCUT2D eigenvalue weighted by Gasteiger charge is 2.27. The van der Waals surface area contributed by atoms with Gasteiger partial charge < -0.3 is 10.1 Å². The Morgan fingerprint density at radius 2 is 1.81 bits per heavy atom. The molecule has 2 aromatic rings. The summed E-state index contributed by atoms with van der Waals surface area (Å²) in [5.74, 6) is 1.20. The Kier molecular flexibility index (Phi) is 5.57. The highest BCUT2D eigenvalue weighted by atomic mass is 16.5. The normalized spacial score (nSPS) is 16.3. The van der Waals surface area contributed by atoms with Crippen molar-refractivity contribution in [3.05, 3.63) is 54.4 Å². The van der Waals surface area contributed by atoms with Gasteiger partial charge in [0.25, 0.3) is 5.91 Å². The first-order valence-corrected chi connectivity index (χ1v) is 9.17. The van der Waals surface area contributed by atoms with Gasteiger partial charge in [0.05, 0.1) is 0 Å². The molecule has 2 heterocycles. The zero-order valence-corrected chi connectivity index (χ0v) is 15.7. The lowest BCUT2D eigenvalue weighted by atomic mass is 9.98. The number of carbonyl (C=O) groups is 1. The van der Waals surface area contributed by atoms with Gasteiger partial charge in [-0.2, -0.15) is 0 Å². The zero-order valence-electron chi connectivity index (χ0n) is 15.7. The van der Waals surface area contributed by atoms with Crippen LogP contribution in [-0.4, -0.2) is 40.5 Å². The van der Waals surface area contributed by atoms with E-state index in [2.05, 4.69) is 36.0 Å². The minimum absolute atomic E-state index is 0.141. The molecule has 5 nitrogen and oxygen atoms in total. The third-order valence-electron chi connectivity index (χ3n) is 4.72. The van der Waals surface area contributed by atoms with E-state index in [0.717, 1.165) is 31.7 Å². The molecular formula is C21H27N3O2. The van der Waals surface area contributed by atoms with Crippen molar-refractivity contribution in [1.29, 1.82) is 0 Å². The van der Waals surface area contributed by atoms with Gasteiger partial charge in [-0.3, -0.25) is 14.7 Å². The number of rotatable bonds is 4. The van der Waals surface area contributed by atoms with Crippen molar-refractivity contribution in [2.24, 2.45) is 0 Å². The van der Waals surface area contributed by atoms with E-state index in [1.807, 2.05) is 30.3 Å². The first kappa shape index (κ1) is 18.4. The monoisotopic (exact) mass is 353 g/mol. The van der Waals surface area contributed by atoms with Gasteiger partial charge in [0.2, 0.25) is 0 Å². The summed E-state index contributed by atoms with van der Waals surface area (Å²) < 4.78 is 5.78. The number of nitrogens with one attached hydrogen (secondary N) is 1. The molecule has 5 heteroatoms. The van der Waals surface area contributed by atoms with E-state index in [9.17, 15) is 4.79 Å². The van der Waals surface area contributed by atoms with Crippen LogP contribution in [-0.2, 0) is 0 Å². The van der Waals surface area contributed by atoms with Crippen LogP contribution in [0.15, 0.2) is 48.7 Å². The van der Waals surface area contributed by atoms with Gasteiger partial charge in [0.1, 0.15) is 17.2 Å². The average Bonchev–Trinajstić information content (AvgIpc) is 2.62. The van der Waals surface area contributed by atoms with E-state index < -0.39 is 0 Å². The molecule has 1 aliphatic heterocycles. The van der Waals surface area contributed by atoms with E-state index in [0.29, 0.717) is 11.4 Å². The molecule has 26 heavy (non-hydrogen) atoms. The van der Waals surface area contributed by atoms with Crippen LogP contribution in [0.5, 0.6) is 11.5 Å². The van der Waals surface area contributed by atoms with Gasteiger partial charge in [0.15, 0.2) is 0 Å². The lowest BCUT2D eigenvalue weighted by Crippen LogP contribution is -2.50. The number of likely N-dealkylation sites (tertiary alicyclic amines) is 1. The number of aromatic nitrogens is 1. The van der Waals surface area contributed by atoms with Crippen molar-refractivity contribution in [1.82, 2.24) is 15.2 Å². The summed E-state index contributed by atoms with van der Waals surface area (Å²) in [6.45, 7) is 8.69. The summed E-state index contributed by atoms with van der Waals surface area (Å²) >= 11 is 0. The van der Waals surface area contributed by atoms with Gasteiger partial charge in [-0.1, -0.05) is 18.2 Å². The third kappa shape index (κ3) is 4.82. The number of piperidine rings is 1. The number of carbonyl (C=O) groups excluding carboxylic acids is 1. The Morgan fingerprint density at radius 3 is 2.46 bits per heavy atom. The summed E-state index contributed by atoms with van der Waals surface area (Å²) in [5, 5.41) is 3.11. The zero-order chi connectivity index (χ0) is 18.6. The predicted molar refractivity (Wildman–Crippen MR) is 103 cm³/mol. The second-order valence-corrected chi connectivity index (χ2v) is 7.70. The summed E-state index contributed by atoms with van der Waals surface area (Å²) in [6.07, 6.45) is 3.53. The lowest BCUT2D eigenvalue weighted by molar-refractivity contribution is 0.0809. The molecule has 1 fully saturated rings. The average molecular weight is 353 g/mol. The molecule has 1 N–H and O–H groups in total. The molecule has 0 saturated carbocycles. The Hall–Kier alpha value is -2.40. The second kappa shape index (κ2) is 7.87. The molecule has 0 bridgehead atoms. The number of benzene rings is 1. The first-order valence-electron chi connectivity index (χ1n) is 9.17. The Morgan fingerprint density at radius 1 is 1.12 bits per heavy atom. The van der Waals surface area contributed by atoms with Crippen molar-refractivity contribution < 1.29 is 9.53 Å². The first-order chi connectivity index (χ1) is 12.4. The second-order valence-electron chi connectivity index (χ2n) is 7.70. The molecule has 0 aliphatic carbocycles. The maximum atomic E-state index is 12.6. The van der Waals surface area contributed by atoms with Gasteiger partial charge in [-0.25, -0.2) is 0 Å². The highest BCUT2D eigenvalue weighted by molar-refractivity contribution is 5.92. The third-order valence-corrected chi connectivity index (χ3v) is 4.72. The topological polar surface area (TPSA) is 54.5 Å². The maximum Gasteiger partial charge on any atom is 0.270 e. The molecule has 1 saturated heterocycles. The number of para-hydroxylation sites is 1. The molecule has 0 radical (unpaired) electrons. The SMILES string of the molecule is CC(C)(C)N1CCC(NC(=O)c2cc(Oc3ccccc3)ccn2)CC1. The highest BCUT2D eigenvalue weighted by Crippen LogP contribution is 2.22. The van der Waals surface area contributed by atoms with Gasteiger partial charge in [-0.05, 0) is 51.8 Å². The number of amides is 1. The van der Waals surface area contributed by atoms with Crippen molar-refractivity contribution in [2.75, 3.05) is 13.1 Å². The maximum absolute atomic E-state index is 12.6. The van der Waals surface area contributed by atoms with Crippen LogP contribution in [0.2, 0.25) is 0 Å². The summed E-state index contributed by atoms with van der Waals surface area (Å²) in [5.41, 5.74) is 0.566. The molecule has 0 spiro atoms. The van der Waals surface area contributed by atoms with Gasteiger partial charge in [-0.15, -0.1) is 0 Å². The molecule has 0 unspecified atom stereocenters. The number of hydrogen-bond acceptors (Lipinski definition) is 4. The van der Waals surface area contributed by atoms with Crippen LogP contribution in [0.25, 0.3) is 0 Å². The fourth-order valence-corrected chi connectivity index (χ4v) is 3.18. The van der Waals surface area contributed by atoms with Gasteiger partial charge in [0, 0.05) is 36.9 Å². The van der Waals surface area contributed by atoms with E-state index in [4.69, 9.17) is 4.74 Å².